The van der Waals surface area contributed by atoms with Gasteiger partial charge in [0.25, 0.3) is 0 Å². The molecule has 1 fully saturated rings. The summed E-state index contributed by atoms with van der Waals surface area (Å²) in [7, 11) is 0. The Hall–Kier alpha value is -1.19. The minimum atomic E-state index is -1.09. The molecule has 0 aromatic heterocycles. The predicted molar refractivity (Wildman–Crippen MR) is 85.5 cm³/mol. The molecule has 4 nitrogen and oxygen atoms in total. The molecule has 1 rings (SSSR count). The molecule has 1 aliphatic rings. The zero-order valence-corrected chi connectivity index (χ0v) is 13.9. The molecule has 1 unspecified atom stereocenters. The van der Waals surface area contributed by atoms with Crippen LogP contribution in [0.5, 0.6) is 0 Å². The largest absolute Gasteiger partial charge is 0.465 e. The van der Waals surface area contributed by atoms with Gasteiger partial charge in [-0.3, -0.25) is 9.59 Å². The van der Waals surface area contributed by atoms with Gasteiger partial charge in [-0.1, -0.05) is 44.9 Å². The van der Waals surface area contributed by atoms with Crippen molar-refractivity contribution in [3.63, 3.8) is 0 Å². The van der Waals surface area contributed by atoms with Crippen molar-refractivity contribution >= 4 is 18.0 Å². The van der Waals surface area contributed by atoms with E-state index in [0.29, 0.717) is 19.3 Å². The van der Waals surface area contributed by atoms with E-state index < -0.39 is 11.4 Å². The van der Waals surface area contributed by atoms with Crippen LogP contribution in [0.15, 0.2) is 0 Å². The van der Waals surface area contributed by atoms with Gasteiger partial charge in [0, 0.05) is 12.8 Å². The first-order valence-electron chi connectivity index (χ1n) is 8.81. The van der Waals surface area contributed by atoms with E-state index in [1.807, 2.05) is 0 Å². The van der Waals surface area contributed by atoms with Crippen molar-refractivity contribution in [2.45, 2.75) is 84.0 Å². The van der Waals surface area contributed by atoms with E-state index in [9.17, 15) is 14.4 Å². The van der Waals surface area contributed by atoms with Crippen LogP contribution in [0.3, 0.4) is 0 Å². The lowest BCUT2D eigenvalue weighted by atomic mass is 9.73. The van der Waals surface area contributed by atoms with Gasteiger partial charge in [0.1, 0.15) is 17.5 Å². The second kappa shape index (κ2) is 10.5. The molecule has 1 aliphatic carbocycles. The topological polar surface area (TPSA) is 60.4 Å². The van der Waals surface area contributed by atoms with Crippen molar-refractivity contribution in [2.24, 2.45) is 5.41 Å². The average Bonchev–Trinajstić information content (AvgIpc) is 2.50. The highest BCUT2D eigenvalue weighted by molar-refractivity contribution is 6.04. The first kappa shape index (κ1) is 18.9. The third-order valence-corrected chi connectivity index (χ3v) is 4.65. The molecular formula is C18H30O4. The molecule has 0 aliphatic heterocycles. The summed E-state index contributed by atoms with van der Waals surface area (Å²) in [6.07, 6.45) is 10.8. The quantitative estimate of drug-likeness (QED) is 0.437. The number of Topliss-reactive ketones (excluding diaryl/α,β-unsaturated/α-hetero) is 1. The summed E-state index contributed by atoms with van der Waals surface area (Å²) >= 11 is 0. The van der Waals surface area contributed by atoms with E-state index in [1.54, 1.807) is 6.92 Å². The first-order chi connectivity index (χ1) is 10.7. The monoisotopic (exact) mass is 310 g/mol. The van der Waals surface area contributed by atoms with Gasteiger partial charge in [0.15, 0.2) is 0 Å². The summed E-state index contributed by atoms with van der Waals surface area (Å²) in [6.45, 7) is 2.03. The van der Waals surface area contributed by atoms with Crippen LogP contribution in [0.25, 0.3) is 0 Å². The van der Waals surface area contributed by atoms with Crippen LogP contribution in [0, 0.1) is 5.41 Å². The molecule has 0 amide bonds. The maximum Gasteiger partial charge on any atom is 0.319 e. The Balaban J connectivity index is 2.91. The number of hydrogen-bond acceptors (Lipinski definition) is 4. The number of hydrogen-bond donors (Lipinski definition) is 0. The van der Waals surface area contributed by atoms with Crippen LogP contribution >= 0.6 is 0 Å². The molecule has 0 N–H and O–H groups in total. The maximum absolute atomic E-state index is 12.8. The van der Waals surface area contributed by atoms with Crippen LogP contribution in [-0.2, 0) is 19.1 Å². The molecule has 0 heterocycles. The van der Waals surface area contributed by atoms with Gasteiger partial charge >= 0.3 is 5.97 Å². The highest BCUT2D eigenvalue weighted by Crippen LogP contribution is 2.36. The Morgan fingerprint density at radius 2 is 1.68 bits per heavy atom. The maximum atomic E-state index is 12.8. The van der Waals surface area contributed by atoms with Crippen molar-refractivity contribution in [3.05, 3.63) is 0 Å². The van der Waals surface area contributed by atoms with E-state index >= 15 is 0 Å². The van der Waals surface area contributed by atoms with E-state index in [0.717, 1.165) is 44.8 Å². The number of carbonyl (C=O) groups is 3. The predicted octanol–water partition coefficient (Wildman–Crippen LogP) is 4.00. The lowest BCUT2D eigenvalue weighted by Gasteiger charge is -2.30. The number of esters is 1. The summed E-state index contributed by atoms with van der Waals surface area (Å²) < 4.78 is 5.20. The number of ketones is 1. The number of rotatable bonds is 5. The molecule has 0 saturated heterocycles. The van der Waals surface area contributed by atoms with Gasteiger partial charge in [-0.15, -0.1) is 0 Å². The Morgan fingerprint density at radius 1 is 1.09 bits per heavy atom. The molecule has 0 aromatic carbocycles. The summed E-state index contributed by atoms with van der Waals surface area (Å²) in [6, 6.07) is 0. The van der Waals surface area contributed by atoms with Gasteiger partial charge < -0.3 is 9.53 Å². The molecule has 1 saturated carbocycles. The van der Waals surface area contributed by atoms with E-state index in [2.05, 4.69) is 0 Å². The fourth-order valence-electron chi connectivity index (χ4n) is 3.31. The highest BCUT2D eigenvalue weighted by Gasteiger charge is 2.45. The first-order valence-corrected chi connectivity index (χ1v) is 8.81. The molecule has 126 valence electrons. The molecule has 0 radical (unpaired) electrons. The van der Waals surface area contributed by atoms with Gasteiger partial charge in [0.2, 0.25) is 0 Å². The zero-order valence-electron chi connectivity index (χ0n) is 13.9. The van der Waals surface area contributed by atoms with Crippen LogP contribution < -0.4 is 0 Å². The normalized spacial score (nSPS) is 24.9. The minimum Gasteiger partial charge on any atom is -0.465 e. The third kappa shape index (κ3) is 5.54. The molecule has 22 heavy (non-hydrogen) atoms. The summed E-state index contributed by atoms with van der Waals surface area (Å²) in [5, 5.41) is 0. The summed E-state index contributed by atoms with van der Waals surface area (Å²) in [4.78, 5) is 36.0. The van der Waals surface area contributed by atoms with E-state index in [-0.39, 0.29) is 18.8 Å². The van der Waals surface area contributed by atoms with Crippen LogP contribution in [-0.4, -0.2) is 24.6 Å². The second-order valence-electron chi connectivity index (χ2n) is 6.26. The highest BCUT2D eigenvalue weighted by atomic mass is 16.5. The lowest BCUT2D eigenvalue weighted by Crippen LogP contribution is -2.41. The number of aldehydes is 1. The molecule has 0 bridgehead atoms. The second-order valence-corrected chi connectivity index (χ2v) is 6.26. The molecule has 0 aromatic rings. The van der Waals surface area contributed by atoms with E-state index in [4.69, 9.17) is 4.74 Å². The lowest BCUT2D eigenvalue weighted by molar-refractivity contribution is -0.161. The smallest absolute Gasteiger partial charge is 0.319 e. The van der Waals surface area contributed by atoms with Gasteiger partial charge in [-0.25, -0.2) is 0 Å². The molecule has 4 heteroatoms. The molecule has 0 spiro atoms. The van der Waals surface area contributed by atoms with E-state index in [1.165, 1.54) is 12.8 Å². The van der Waals surface area contributed by atoms with Crippen molar-refractivity contribution in [2.75, 3.05) is 6.61 Å². The Labute approximate surface area is 134 Å². The minimum absolute atomic E-state index is 0.0200. The van der Waals surface area contributed by atoms with Crippen molar-refractivity contribution in [1.29, 1.82) is 0 Å². The number of ether oxygens (including phenoxy) is 1. The Kier molecular flexibility index (Phi) is 9.02. The fourth-order valence-corrected chi connectivity index (χ4v) is 3.31. The SMILES string of the molecule is CCOC(=O)C1(CCC=O)CCCCCCCCCCC1=O. The fraction of sp³-hybridized carbons (Fsp3) is 0.833. The zero-order chi connectivity index (χ0) is 16.3. The van der Waals surface area contributed by atoms with Crippen molar-refractivity contribution in [1.82, 2.24) is 0 Å². The van der Waals surface area contributed by atoms with Crippen LogP contribution in [0.2, 0.25) is 0 Å². The van der Waals surface area contributed by atoms with Crippen molar-refractivity contribution < 1.29 is 19.1 Å². The van der Waals surface area contributed by atoms with Gasteiger partial charge in [-0.05, 0) is 26.2 Å². The average molecular weight is 310 g/mol. The van der Waals surface area contributed by atoms with Gasteiger partial charge in [0.05, 0.1) is 6.61 Å². The molecule has 1 atom stereocenters. The third-order valence-electron chi connectivity index (χ3n) is 4.65. The Bertz CT molecular complexity index is 364. The van der Waals surface area contributed by atoms with Crippen molar-refractivity contribution in [3.8, 4) is 0 Å². The summed E-state index contributed by atoms with van der Waals surface area (Å²) in [5.41, 5.74) is -1.09. The van der Waals surface area contributed by atoms with Crippen LogP contribution in [0.4, 0.5) is 0 Å². The van der Waals surface area contributed by atoms with Gasteiger partial charge in [-0.2, -0.15) is 0 Å². The summed E-state index contributed by atoms with van der Waals surface area (Å²) in [5.74, 6) is -0.438. The Morgan fingerprint density at radius 3 is 2.27 bits per heavy atom. The standard InChI is InChI=1S/C18H30O4/c1-2-22-17(21)18(14-11-15-19)13-10-8-6-4-3-5-7-9-12-16(18)20/h15H,2-14H2,1H3. The number of carbonyl (C=O) groups excluding carboxylic acids is 3. The molecular weight excluding hydrogens is 280 g/mol. The van der Waals surface area contributed by atoms with Crippen LogP contribution in [0.1, 0.15) is 84.0 Å².